The lowest BCUT2D eigenvalue weighted by Crippen LogP contribution is -2.73. The van der Waals surface area contributed by atoms with Crippen LogP contribution in [0.25, 0.3) is 0 Å². The lowest BCUT2D eigenvalue weighted by Gasteiger charge is -2.49. The lowest BCUT2D eigenvalue weighted by molar-refractivity contribution is -0.166. The second kappa shape index (κ2) is 9.47. The van der Waals surface area contributed by atoms with E-state index >= 15 is 0 Å². The standard InChI is InChI=1S/C22H26ClN3O7S/c1-21(2,3)33-20(31)22(24,12-5-7-13(32-4)8-6-12)19(30)25-14-16(27)26-15(18(28)29)11(9-23)10-34-17(14)26/h5-8,14,17H,9-10,24H2,1-4H3,(H,25,30)(H,28,29)/t14?,17?,22-/m1/s1. The summed E-state index contributed by atoms with van der Waals surface area (Å²) in [4.78, 5) is 52.2. The number of aliphatic carboxylic acids is 1. The molecule has 0 radical (unpaired) electrons. The van der Waals surface area contributed by atoms with Gasteiger partial charge in [-0.1, -0.05) is 12.1 Å². The van der Waals surface area contributed by atoms with Crippen LogP contribution in [0.4, 0.5) is 0 Å². The maximum atomic E-state index is 13.4. The predicted octanol–water partition coefficient (Wildman–Crippen LogP) is 1.17. The Morgan fingerprint density at radius 3 is 2.38 bits per heavy atom. The van der Waals surface area contributed by atoms with Crippen LogP contribution in [0.5, 0.6) is 5.75 Å². The predicted molar refractivity (Wildman–Crippen MR) is 125 cm³/mol. The molecule has 1 fully saturated rings. The van der Waals surface area contributed by atoms with E-state index in [1.807, 2.05) is 0 Å². The number of hydrogen-bond donors (Lipinski definition) is 3. The molecular weight excluding hydrogens is 486 g/mol. The van der Waals surface area contributed by atoms with Gasteiger partial charge < -0.3 is 25.6 Å². The fraction of sp³-hybridized carbons (Fsp3) is 0.455. The molecule has 12 heteroatoms. The van der Waals surface area contributed by atoms with E-state index in [0.29, 0.717) is 11.3 Å². The Morgan fingerprint density at radius 1 is 1.26 bits per heavy atom. The zero-order valence-corrected chi connectivity index (χ0v) is 20.7. The third kappa shape index (κ3) is 4.59. The van der Waals surface area contributed by atoms with E-state index < -0.39 is 46.3 Å². The van der Waals surface area contributed by atoms with Gasteiger partial charge in [-0.05, 0) is 44.0 Å². The first-order chi connectivity index (χ1) is 15.8. The van der Waals surface area contributed by atoms with Gasteiger partial charge in [0.1, 0.15) is 28.5 Å². The van der Waals surface area contributed by atoms with Crippen molar-refractivity contribution in [2.45, 2.75) is 43.3 Å². The number of nitrogens with one attached hydrogen (secondary N) is 1. The molecule has 2 amide bonds. The molecular formula is C22H26ClN3O7S. The van der Waals surface area contributed by atoms with Gasteiger partial charge in [-0.3, -0.25) is 14.5 Å². The first kappa shape index (κ1) is 25.9. The molecule has 0 saturated carbocycles. The molecule has 2 unspecified atom stereocenters. The lowest BCUT2D eigenvalue weighted by atomic mass is 9.88. The van der Waals surface area contributed by atoms with Crippen LogP contribution in [0.3, 0.4) is 0 Å². The number of methoxy groups -OCH3 is 1. The normalized spacial score (nSPS) is 21.7. The number of carboxylic acid groups (broad SMARTS) is 1. The van der Waals surface area contributed by atoms with Crippen LogP contribution < -0.4 is 15.8 Å². The molecule has 34 heavy (non-hydrogen) atoms. The molecule has 184 valence electrons. The summed E-state index contributed by atoms with van der Waals surface area (Å²) in [6.07, 6.45) is 0. The third-order valence-corrected chi connectivity index (χ3v) is 6.98. The Hall–Kier alpha value is -2.76. The number of thioether (sulfide) groups is 1. The van der Waals surface area contributed by atoms with Crippen molar-refractivity contribution in [1.29, 1.82) is 0 Å². The molecule has 0 aromatic heterocycles. The summed E-state index contributed by atoms with van der Waals surface area (Å²) in [5.41, 5.74) is 3.54. The van der Waals surface area contributed by atoms with Gasteiger partial charge in [-0.2, -0.15) is 0 Å². The third-order valence-electron chi connectivity index (χ3n) is 5.32. The summed E-state index contributed by atoms with van der Waals surface area (Å²) >= 11 is 7.10. The number of esters is 1. The molecule has 1 saturated heterocycles. The highest BCUT2D eigenvalue weighted by Crippen LogP contribution is 2.41. The van der Waals surface area contributed by atoms with Gasteiger partial charge in [-0.15, -0.1) is 23.4 Å². The van der Waals surface area contributed by atoms with Gasteiger partial charge in [0.2, 0.25) is 5.54 Å². The number of halogens is 1. The van der Waals surface area contributed by atoms with Crippen LogP contribution in [0.2, 0.25) is 0 Å². The molecule has 2 aliphatic heterocycles. The molecule has 10 nitrogen and oxygen atoms in total. The van der Waals surface area contributed by atoms with Crippen molar-refractivity contribution in [1.82, 2.24) is 10.2 Å². The number of amides is 2. The molecule has 0 bridgehead atoms. The van der Waals surface area contributed by atoms with E-state index in [1.165, 1.54) is 31.0 Å². The Labute approximate surface area is 205 Å². The summed E-state index contributed by atoms with van der Waals surface area (Å²) in [5.74, 6) is -3.13. The van der Waals surface area contributed by atoms with Crippen LogP contribution in [0, 0.1) is 0 Å². The summed E-state index contributed by atoms with van der Waals surface area (Å²) in [6.45, 7) is 4.91. The molecule has 0 spiro atoms. The van der Waals surface area contributed by atoms with Crippen molar-refractivity contribution in [3.63, 3.8) is 0 Å². The van der Waals surface area contributed by atoms with Gasteiger partial charge >= 0.3 is 11.9 Å². The number of carbonyl (C=O) groups excluding carboxylic acids is 3. The summed E-state index contributed by atoms with van der Waals surface area (Å²) in [7, 11) is 1.47. The van der Waals surface area contributed by atoms with Gasteiger partial charge in [0.05, 0.1) is 7.11 Å². The fourth-order valence-corrected chi connectivity index (χ4v) is 5.27. The van der Waals surface area contributed by atoms with E-state index in [4.69, 9.17) is 26.8 Å². The van der Waals surface area contributed by atoms with Crippen molar-refractivity contribution >= 4 is 47.1 Å². The minimum Gasteiger partial charge on any atom is -0.497 e. The average molecular weight is 512 g/mol. The van der Waals surface area contributed by atoms with Crippen LogP contribution in [0.15, 0.2) is 35.5 Å². The highest BCUT2D eigenvalue weighted by atomic mass is 35.5. The number of rotatable bonds is 7. The maximum Gasteiger partial charge on any atom is 0.352 e. The first-order valence-corrected chi connectivity index (χ1v) is 11.9. The Kier molecular flexibility index (Phi) is 7.20. The van der Waals surface area contributed by atoms with E-state index in [-0.39, 0.29) is 22.9 Å². The van der Waals surface area contributed by atoms with Gasteiger partial charge in [-0.25, -0.2) is 9.59 Å². The molecule has 4 N–H and O–H groups in total. The summed E-state index contributed by atoms with van der Waals surface area (Å²) in [5, 5.41) is 11.4. The van der Waals surface area contributed by atoms with Crippen molar-refractivity contribution in [3.8, 4) is 5.75 Å². The molecule has 3 atom stereocenters. The fourth-order valence-electron chi connectivity index (χ4n) is 3.60. The Morgan fingerprint density at radius 2 is 1.88 bits per heavy atom. The zero-order chi connectivity index (χ0) is 25.4. The number of nitrogens with two attached hydrogens (primary N) is 1. The van der Waals surface area contributed by atoms with Gasteiger partial charge in [0.25, 0.3) is 11.8 Å². The molecule has 0 aliphatic carbocycles. The number of fused-ring (bicyclic) bond motifs is 1. The molecule has 3 rings (SSSR count). The van der Waals surface area contributed by atoms with E-state index in [0.717, 1.165) is 4.90 Å². The monoisotopic (exact) mass is 511 g/mol. The maximum absolute atomic E-state index is 13.4. The van der Waals surface area contributed by atoms with Crippen molar-refractivity contribution < 1.29 is 33.8 Å². The number of carboxylic acids is 1. The topological polar surface area (TPSA) is 148 Å². The number of benzene rings is 1. The van der Waals surface area contributed by atoms with E-state index in [9.17, 15) is 24.3 Å². The number of ether oxygens (including phenoxy) is 2. The van der Waals surface area contributed by atoms with Crippen LogP contribution >= 0.6 is 23.4 Å². The molecule has 2 aliphatic rings. The Bertz CT molecular complexity index is 1050. The molecule has 1 aromatic rings. The van der Waals surface area contributed by atoms with Gasteiger partial charge in [0, 0.05) is 11.6 Å². The van der Waals surface area contributed by atoms with Gasteiger partial charge in [0.15, 0.2) is 0 Å². The minimum absolute atomic E-state index is 0.0375. The second-order valence-electron chi connectivity index (χ2n) is 8.79. The average Bonchev–Trinajstić information content (AvgIpc) is 2.79. The smallest absolute Gasteiger partial charge is 0.352 e. The summed E-state index contributed by atoms with van der Waals surface area (Å²) in [6, 6.07) is 4.93. The number of hydrogen-bond acceptors (Lipinski definition) is 8. The zero-order valence-electron chi connectivity index (χ0n) is 19.1. The second-order valence-corrected chi connectivity index (χ2v) is 10.2. The largest absolute Gasteiger partial charge is 0.497 e. The SMILES string of the molecule is COc1ccc([C@@](N)(C(=O)NC2C(=O)N3C(C(=O)O)=C(CCl)CSC23)C(=O)OC(C)(C)C)cc1. The number of carbonyl (C=O) groups is 4. The Balaban J connectivity index is 1.91. The van der Waals surface area contributed by atoms with Crippen molar-refractivity contribution in [2.24, 2.45) is 5.73 Å². The quantitative estimate of drug-likeness (QED) is 0.212. The highest BCUT2D eigenvalue weighted by molar-refractivity contribution is 8.00. The minimum atomic E-state index is -2.27. The number of β-lactam (4-membered cyclic amide) rings is 1. The summed E-state index contributed by atoms with van der Waals surface area (Å²) < 4.78 is 10.5. The van der Waals surface area contributed by atoms with E-state index in [1.54, 1.807) is 32.9 Å². The molecule has 2 heterocycles. The first-order valence-electron chi connectivity index (χ1n) is 10.3. The highest BCUT2D eigenvalue weighted by Gasteiger charge is 2.56. The molecule has 1 aromatic carbocycles. The van der Waals surface area contributed by atoms with Crippen LogP contribution in [-0.2, 0) is 29.5 Å². The van der Waals surface area contributed by atoms with E-state index in [2.05, 4.69) is 5.32 Å². The number of nitrogens with zero attached hydrogens (tertiary/aromatic N) is 1. The van der Waals surface area contributed by atoms with Crippen molar-refractivity contribution in [2.75, 3.05) is 18.7 Å². The van der Waals surface area contributed by atoms with Crippen molar-refractivity contribution in [3.05, 3.63) is 41.1 Å². The van der Waals surface area contributed by atoms with Crippen LogP contribution in [-0.4, -0.2) is 69.5 Å². The van der Waals surface area contributed by atoms with Crippen LogP contribution in [0.1, 0.15) is 26.3 Å². The number of alkyl halides is 1.